The highest BCUT2D eigenvalue weighted by molar-refractivity contribution is 9.10. The lowest BCUT2D eigenvalue weighted by molar-refractivity contribution is -0.119. The summed E-state index contributed by atoms with van der Waals surface area (Å²) in [4.78, 5) is 12.1. The Hall–Kier alpha value is -1.37. The molecular formula is C16H15BrClNO3S. The third kappa shape index (κ3) is 5.06. The van der Waals surface area contributed by atoms with Crippen molar-refractivity contribution in [2.45, 2.75) is 17.9 Å². The van der Waals surface area contributed by atoms with Gasteiger partial charge in [-0.05, 0) is 48.9 Å². The molecule has 0 fully saturated rings. The SMILES string of the molecule is CC(NC(=O)CS(=O)(=O)c1ccc(Cl)cc1)c1ccc(Br)cc1. The molecule has 2 aromatic carbocycles. The van der Waals surface area contributed by atoms with Crippen LogP contribution in [0.5, 0.6) is 0 Å². The van der Waals surface area contributed by atoms with E-state index in [0.29, 0.717) is 5.02 Å². The van der Waals surface area contributed by atoms with Crippen LogP contribution in [0.3, 0.4) is 0 Å². The molecule has 4 nitrogen and oxygen atoms in total. The smallest absolute Gasteiger partial charge is 0.236 e. The topological polar surface area (TPSA) is 63.2 Å². The predicted octanol–water partition coefficient (Wildman–Crippen LogP) is 3.75. The molecular weight excluding hydrogens is 402 g/mol. The molecule has 0 radical (unpaired) electrons. The maximum Gasteiger partial charge on any atom is 0.236 e. The second kappa shape index (κ2) is 7.47. The third-order valence-corrected chi connectivity index (χ3v) is 5.65. The molecule has 122 valence electrons. The lowest BCUT2D eigenvalue weighted by Crippen LogP contribution is -2.32. The summed E-state index contributed by atoms with van der Waals surface area (Å²) < 4.78 is 25.3. The van der Waals surface area contributed by atoms with Crippen molar-refractivity contribution in [3.8, 4) is 0 Å². The molecule has 23 heavy (non-hydrogen) atoms. The quantitative estimate of drug-likeness (QED) is 0.807. The van der Waals surface area contributed by atoms with Gasteiger partial charge in [0, 0.05) is 9.50 Å². The number of benzene rings is 2. The van der Waals surface area contributed by atoms with E-state index in [2.05, 4.69) is 21.2 Å². The average molecular weight is 417 g/mol. The molecule has 1 unspecified atom stereocenters. The van der Waals surface area contributed by atoms with Gasteiger partial charge in [-0.2, -0.15) is 0 Å². The average Bonchev–Trinajstić information content (AvgIpc) is 2.47. The number of nitrogens with one attached hydrogen (secondary N) is 1. The van der Waals surface area contributed by atoms with Gasteiger partial charge in [0.15, 0.2) is 9.84 Å². The van der Waals surface area contributed by atoms with E-state index in [9.17, 15) is 13.2 Å². The molecule has 2 rings (SSSR count). The maximum absolute atomic E-state index is 12.2. The zero-order valence-corrected chi connectivity index (χ0v) is 15.5. The molecule has 7 heteroatoms. The highest BCUT2D eigenvalue weighted by Crippen LogP contribution is 2.18. The molecule has 0 aliphatic carbocycles. The van der Waals surface area contributed by atoms with Crippen LogP contribution in [0.4, 0.5) is 0 Å². The highest BCUT2D eigenvalue weighted by atomic mass is 79.9. The summed E-state index contributed by atoms with van der Waals surface area (Å²) in [7, 11) is -3.69. The van der Waals surface area contributed by atoms with Gasteiger partial charge in [-0.25, -0.2) is 8.42 Å². The molecule has 1 N–H and O–H groups in total. The lowest BCUT2D eigenvalue weighted by atomic mass is 10.1. The molecule has 0 saturated carbocycles. The van der Waals surface area contributed by atoms with Crippen LogP contribution >= 0.6 is 27.5 Å². The van der Waals surface area contributed by atoms with Gasteiger partial charge in [0.2, 0.25) is 5.91 Å². The first-order valence-corrected chi connectivity index (χ1v) is 9.63. The number of carbonyl (C=O) groups is 1. The van der Waals surface area contributed by atoms with Crippen LogP contribution in [0.1, 0.15) is 18.5 Å². The molecule has 0 aliphatic heterocycles. The lowest BCUT2D eigenvalue weighted by Gasteiger charge is -2.14. The van der Waals surface area contributed by atoms with Crippen LogP contribution in [-0.2, 0) is 14.6 Å². The van der Waals surface area contributed by atoms with Crippen molar-refractivity contribution in [2.24, 2.45) is 0 Å². The minimum Gasteiger partial charge on any atom is -0.349 e. The van der Waals surface area contributed by atoms with E-state index >= 15 is 0 Å². The van der Waals surface area contributed by atoms with Gasteiger partial charge in [-0.3, -0.25) is 4.79 Å². The Kier molecular flexibility index (Phi) is 5.84. The van der Waals surface area contributed by atoms with E-state index < -0.39 is 21.5 Å². The summed E-state index contributed by atoms with van der Waals surface area (Å²) in [5.41, 5.74) is 0.894. The molecule has 0 spiro atoms. The van der Waals surface area contributed by atoms with E-state index in [1.165, 1.54) is 24.3 Å². The fraction of sp³-hybridized carbons (Fsp3) is 0.188. The Balaban J connectivity index is 2.03. The first-order chi connectivity index (χ1) is 10.8. The number of halogens is 2. The Morgan fingerprint density at radius 1 is 1.13 bits per heavy atom. The number of hydrogen-bond acceptors (Lipinski definition) is 3. The zero-order chi connectivity index (χ0) is 17.0. The highest BCUT2D eigenvalue weighted by Gasteiger charge is 2.20. The molecule has 1 atom stereocenters. The van der Waals surface area contributed by atoms with Crippen molar-refractivity contribution >= 4 is 43.3 Å². The standard InChI is InChI=1S/C16H15BrClNO3S/c1-11(12-2-4-13(17)5-3-12)19-16(20)10-23(21,22)15-8-6-14(18)7-9-15/h2-9,11H,10H2,1H3,(H,19,20). The van der Waals surface area contributed by atoms with Crippen LogP contribution in [0.2, 0.25) is 5.02 Å². The monoisotopic (exact) mass is 415 g/mol. The number of amides is 1. The van der Waals surface area contributed by atoms with Crippen molar-refractivity contribution < 1.29 is 13.2 Å². The fourth-order valence-corrected chi connectivity index (χ4v) is 3.55. The van der Waals surface area contributed by atoms with Crippen molar-refractivity contribution in [1.82, 2.24) is 5.32 Å². The summed E-state index contributed by atoms with van der Waals surface area (Å²) in [6.07, 6.45) is 0. The second-order valence-electron chi connectivity index (χ2n) is 5.05. The summed E-state index contributed by atoms with van der Waals surface area (Å²) >= 11 is 9.08. The van der Waals surface area contributed by atoms with Crippen LogP contribution in [0, 0.1) is 0 Å². The number of carbonyl (C=O) groups excluding carboxylic acids is 1. The fourth-order valence-electron chi connectivity index (χ4n) is 2.02. The Morgan fingerprint density at radius 2 is 1.70 bits per heavy atom. The summed E-state index contributed by atoms with van der Waals surface area (Å²) in [5, 5.41) is 3.14. The van der Waals surface area contributed by atoms with Crippen LogP contribution in [0.25, 0.3) is 0 Å². The van der Waals surface area contributed by atoms with Gasteiger partial charge in [-0.1, -0.05) is 39.7 Å². The van der Waals surface area contributed by atoms with E-state index in [0.717, 1.165) is 10.0 Å². The van der Waals surface area contributed by atoms with Crippen LogP contribution in [0.15, 0.2) is 57.9 Å². The molecule has 0 heterocycles. The van der Waals surface area contributed by atoms with Crippen molar-refractivity contribution in [3.63, 3.8) is 0 Å². The molecule has 0 aromatic heterocycles. The molecule has 0 bridgehead atoms. The number of rotatable bonds is 5. The first kappa shape index (κ1) is 18.0. The number of hydrogen-bond donors (Lipinski definition) is 1. The minimum atomic E-state index is -3.69. The summed E-state index contributed by atoms with van der Waals surface area (Å²) in [6.45, 7) is 1.80. The van der Waals surface area contributed by atoms with Gasteiger partial charge in [0.1, 0.15) is 5.75 Å². The third-order valence-electron chi connectivity index (χ3n) is 3.24. The van der Waals surface area contributed by atoms with Crippen molar-refractivity contribution in [1.29, 1.82) is 0 Å². The predicted molar refractivity (Wildman–Crippen MR) is 94.2 cm³/mol. The molecule has 2 aromatic rings. The molecule has 1 amide bonds. The summed E-state index contributed by atoms with van der Waals surface area (Å²) in [5.74, 6) is -1.15. The van der Waals surface area contributed by atoms with Gasteiger partial charge in [-0.15, -0.1) is 0 Å². The maximum atomic E-state index is 12.2. The first-order valence-electron chi connectivity index (χ1n) is 6.81. The van der Waals surface area contributed by atoms with Crippen LogP contribution in [-0.4, -0.2) is 20.1 Å². The number of sulfone groups is 1. The zero-order valence-electron chi connectivity index (χ0n) is 12.3. The van der Waals surface area contributed by atoms with Gasteiger partial charge in [0.05, 0.1) is 10.9 Å². The Labute approximate surface area is 148 Å². The van der Waals surface area contributed by atoms with Gasteiger partial charge >= 0.3 is 0 Å². The van der Waals surface area contributed by atoms with Gasteiger partial charge < -0.3 is 5.32 Å². The molecule has 0 aliphatic rings. The van der Waals surface area contributed by atoms with E-state index in [1.54, 1.807) is 6.92 Å². The normalized spacial score (nSPS) is 12.7. The molecule has 0 saturated heterocycles. The van der Waals surface area contributed by atoms with Crippen molar-refractivity contribution in [3.05, 3.63) is 63.6 Å². The Morgan fingerprint density at radius 3 is 2.26 bits per heavy atom. The Bertz CT molecular complexity index is 789. The largest absolute Gasteiger partial charge is 0.349 e. The van der Waals surface area contributed by atoms with Crippen LogP contribution < -0.4 is 5.32 Å². The second-order valence-corrected chi connectivity index (χ2v) is 8.40. The van der Waals surface area contributed by atoms with E-state index in [4.69, 9.17) is 11.6 Å². The summed E-state index contributed by atoms with van der Waals surface area (Å²) in [6, 6.07) is 12.9. The minimum absolute atomic E-state index is 0.0772. The van der Waals surface area contributed by atoms with E-state index in [-0.39, 0.29) is 10.9 Å². The van der Waals surface area contributed by atoms with Gasteiger partial charge in [0.25, 0.3) is 0 Å². The van der Waals surface area contributed by atoms with Crippen molar-refractivity contribution in [2.75, 3.05) is 5.75 Å². The van der Waals surface area contributed by atoms with E-state index in [1.807, 2.05) is 24.3 Å².